The van der Waals surface area contributed by atoms with E-state index in [1.54, 1.807) is 13.2 Å². The molecular weight excluding hydrogens is 451 g/mol. The van der Waals surface area contributed by atoms with Crippen molar-refractivity contribution in [1.82, 2.24) is 15.6 Å². The molecule has 0 radical (unpaired) electrons. The summed E-state index contributed by atoms with van der Waals surface area (Å²) in [7, 11) is 1.80. The van der Waals surface area contributed by atoms with Gasteiger partial charge in [-0.2, -0.15) is 0 Å². The first-order chi connectivity index (χ1) is 12.8. The third-order valence-corrected chi connectivity index (χ3v) is 5.09. The van der Waals surface area contributed by atoms with Gasteiger partial charge >= 0.3 is 0 Å². The summed E-state index contributed by atoms with van der Waals surface area (Å²) in [6.45, 7) is 4.09. The van der Waals surface area contributed by atoms with Crippen LogP contribution < -0.4 is 15.4 Å². The van der Waals surface area contributed by atoms with Crippen molar-refractivity contribution in [2.24, 2.45) is 4.99 Å². The largest absolute Gasteiger partial charge is 0.478 e. The number of guanidine groups is 1. The molecule has 146 valence electrons. The molecule has 0 bridgehead atoms. The molecule has 6 heteroatoms. The molecule has 1 fully saturated rings. The summed E-state index contributed by atoms with van der Waals surface area (Å²) >= 11 is 0. The zero-order chi connectivity index (χ0) is 18.2. The lowest BCUT2D eigenvalue weighted by molar-refractivity contribution is 0.244. The number of ether oxygens (including phenoxy) is 1. The Labute approximate surface area is 179 Å². The Kier molecular flexibility index (Phi) is 8.34. The van der Waals surface area contributed by atoms with Crippen molar-refractivity contribution in [3.63, 3.8) is 0 Å². The first-order valence-corrected chi connectivity index (χ1v) is 9.34. The van der Waals surface area contributed by atoms with Crippen LogP contribution in [0.4, 0.5) is 0 Å². The van der Waals surface area contributed by atoms with E-state index in [4.69, 9.17) is 4.74 Å². The lowest BCUT2D eigenvalue weighted by Gasteiger charge is -2.43. The minimum absolute atomic E-state index is 0. The second-order valence-corrected chi connectivity index (χ2v) is 6.68. The lowest BCUT2D eigenvalue weighted by atomic mass is 9.64. The van der Waals surface area contributed by atoms with Gasteiger partial charge in [-0.05, 0) is 31.4 Å². The molecule has 3 rings (SSSR count). The van der Waals surface area contributed by atoms with Crippen LogP contribution in [0.1, 0.15) is 37.3 Å². The Morgan fingerprint density at radius 1 is 1.15 bits per heavy atom. The van der Waals surface area contributed by atoms with Gasteiger partial charge in [-0.1, -0.05) is 42.8 Å². The van der Waals surface area contributed by atoms with Crippen LogP contribution in [-0.2, 0) is 12.0 Å². The summed E-state index contributed by atoms with van der Waals surface area (Å²) < 4.78 is 5.59. The Hall–Kier alpha value is -1.83. The number of aliphatic imine (C=N–C) groups is 1. The average molecular weight is 480 g/mol. The van der Waals surface area contributed by atoms with Crippen LogP contribution in [0, 0.1) is 0 Å². The van der Waals surface area contributed by atoms with Gasteiger partial charge in [-0.25, -0.2) is 4.98 Å². The summed E-state index contributed by atoms with van der Waals surface area (Å²) in [5.41, 5.74) is 2.67. The third kappa shape index (κ3) is 5.34. The van der Waals surface area contributed by atoms with Crippen molar-refractivity contribution in [2.75, 3.05) is 20.2 Å². The number of halogens is 1. The molecule has 2 aromatic rings. The minimum atomic E-state index is 0. The van der Waals surface area contributed by atoms with E-state index in [9.17, 15) is 0 Å². The molecule has 0 aliphatic heterocycles. The fraction of sp³-hybridized carbons (Fsp3) is 0.429. The van der Waals surface area contributed by atoms with Crippen LogP contribution in [0.3, 0.4) is 0 Å². The molecule has 1 aliphatic carbocycles. The normalized spacial score (nSPS) is 15.3. The summed E-state index contributed by atoms with van der Waals surface area (Å²) in [4.78, 5) is 8.66. The fourth-order valence-electron chi connectivity index (χ4n) is 3.44. The number of nitrogens with zero attached hydrogens (tertiary/aromatic N) is 2. The number of nitrogens with one attached hydrogen (secondary N) is 2. The van der Waals surface area contributed by atoms with E-state index >= 15 is 0 Å². The predicted molar refractivity (Wildman–Crippen MR) is 121 cm³/mol. The molecule has 27 heavy (non-hydrogen) atoms. The quantitative estimate of drug-likeness (QED) is 0.359. The SMILES string of the molecule is CCOc1ncccc1CNC(=NC)NCC1(c2ccccc2)CCC1.I. The van der Waals surface area contributed by atoms with Gasteiger partial charge in [0.05, 0.1) is 6.61 Å². The summed E-state index contributed by atoms with van der Waals surface area (Å²) in [6.07, 6.45) is 5.48. The van der Waals surface area contributed by atoms with Crippen LogP contribution in [0.15, 0.2) is 53.7 Å². The number of aromatic nitrogens is 1. The highest BCUT2D eigenvalue weighted by Gasteiger charge is 2.38. The molecule has 1 heterocycles. The molecule has 1 aromatic carbocycles. The standard InChI is InChI=1S/C21H28N4O.HI/c1-3-26-19-17(9-7-14-23-19)15-24-20(22-2)25-16-21(12-8-13-21)18-10-5-4-6-11-18;/h4-7,9-11,14H,3,8,12-13,15-16H2,1-2H3,(H2,22,24,25);1H. The van der Waals surface area contributed by atoms with Gasteiger partial charge in [0, 0.05) is 37.3 Å². The van der Waals surface area contributed by atoms with Gasteiger partial charge in [0.2, 0.25) is 5.88 Å². The summed E-state index contributed by atoms with van der Waals surface area (Å²) in [5, 5.41) is 6.89. The maximum absolute atomic E-state index is 5.59. The summed E-state index contributed by atoms with van der Waals surface area (Å²) in [6, 6.07) is 14.8. The minimum Gasteiger partial charge on any atom is -0.478 e. The first kappa shape index (κ1) is 21.5. The number of rotatable bonds is 7. The van der Waals surface area contributed by atoms with Gasteiger partial charge in [0.15, 0.2) is 5.96 Å². The molecule has 0 amide bonds. The van der Waals surface area contributed by atoms with Crippen LogP contribution in [0.5, 0.6) is 5.88 Å². The monoisotopic (exact) mass is 480 g/mol. The smallest absolute Gasteiger partial charge is 0.218 e. The molecule has 0 atom stereocenters. The zero-order valence-electron chi connectivity index (χ0n) is 16.1. The molecule has 0 unspecified atom stereocenters. The molecule has 5 nitrogen and oxygen atoms in total. The molecule has 2 N–H and O–H groups in total. The second kappa shape index (κ2) is 10.5. The molecule has 0 spiro atoms. The molecule has 1 aromatic heterocycles. The van der Waals surface area contributed by atoms with Gasteiger partial charge in [-0.3, -0.25) is 4.99 Å². The van der Waals surface area contributed by atoms with Crippen molar-refractivity contribution in [3.8, 4) is 5.88 Å². The van der Waals surface area contributed by atoms with E-state index in [0.29, 0.717) is 19.0 Å². The summed E-state index contributed by atoms with van der Waals surface area (Å²) in [5.74, 6) is 1.48. The number of hydrogen-bond donors (Lipinski definition) is 2. The van der Waals surface area contributed by atoms with E-state index < -0.39 is 0 Å². The average Bonchev–Trinajstić information content (AvgIpc) is 2.65. The Morgan fingerprint density at radius 3 is 2.56 bits per heavy atom. The second-order valence-electron chi connectivity index (χ2n) is 6.68. The van der Waals surface area contributed by atoms with Crippen LogP contribution in [0.2, 0.25) is 0 Å². The van der Waals surface area contributed by atoms with E-state index in [2.05, 4.69) is 50.9 Å². The molecule has 1 saturated carbocycles. The van der Waals surface area contributed by atoms with E-state index in [1.807, 2.05) is 19.1 Å². The first-order valence-electron chi connectivity index (χ1n) is 9.34. The van der Waals surface area contributed by atoms with E-state index in [0.717, 1.165) is 18.1 Å². The van der Waals surface area contributed by atoms with Gasteiger partial charge in [0.1, 0.15) is 0 Å². The van der Waals surface area contributed by atoms with E-state index in [-0.39, 0.29) is 29.4 Å². The Bertz CT molecular complexity index is 732. The highest BCUT2D eigenvalue weighted by molar-refractivity contribution is 14.0. The van der Waals surface area contributed by atoms with Crippen LogP contribution >= 0.6 is 24.0 Å². The van der Waals surface area contributed by atoms with Gasteiger partial charge in [-0.15, -0.1) is 24.0 Å². The van der Waals surface area contributed by atoms with Crippen molar-refractivity contribution in [2.45, 2.75) is 38.1 Å². The van der Waals surface area contributed by atoms with Crippen LogP contribution in [0.25, 0.3) is 0 Å². The van der Waals surface area contributed by atoms with Crippen molar-refractivity contribution >= 4 is 29.9 Å². The number of pyridine rings is 1. The van der Waals surface area contributed by atoms with Crippen LogP contribution in [-0.4, -0.2) is 31.1 Å². The number of benzene rings is 1. The maximum Gasteiger partial charge on any atom is 0.218 e. The zero-order valence-corrected chi connectivity index (χ0v) is 18.4. The topological polar surface area (TPSA) is 58.5 Å². The van der Waals surface area contributed by atoms with Crippen molar-refractivity contribution in [1.29, 1.82) is 0 Å². The van der Waals surface area contributed by atoms with E-state index in [1.165, 1.54) is 24.8 Å². The van der Waals surface area contributed by atoms with Crippen molar-refractivity contribution < 1.29 is 4.74 Å². The fourth-order valence-corrected chi connectivity index (χ4v) is 3.44. The maximum atomic E-state index is 5.59. The molecule has 0 saturated heterocycles. The Balaban J connectivity index is 0.00000261. The van der Waals surface area contributed by atoms with Crippen molar-refractivity contribution in [3.05, 3.63) is 59.8 Å². The predicted octanol–water partition coefficient (Wildman–Crippen LogP) is 3.89. The Morgan fingerprint density at radius 2 is 1.93 bits per heavy atom. The van der Waals surface area contributed by atoms with Gasteiger partial charge < -0.3 is 15.4 Å². The molecule has 1 aliphatic rings. The lowest BCUT2D eigenvalue weighted by Crippen LogP contribution is -2.48. The number of hydrogen-bond acceptors (Lipinski definition) is 3. The molecular formula is C21H29IN4O. The highest BCUT2D eigenvalue weighted by Crippen LogP contribution is 2.43. The third-order valence-electron chi connectivity index (χ3n) is 5.09. The highest BCUT2D eigenvalue weighted by atomic mass is 127. The van der Waals surface area contributed by atoms with Gasteiger partial charge in [0.25, 0.3) is 0 Å².